The summed E-state index contributed by atoms with van der Waals surface area (Å²) in [5.74, 6) is -0.238. The fourth-order valence-corrected chi connectivity index (χ4v) is 2.46. The highest BCUT2D eigenvalue weighted by molar-refractivity contribution is 5.97. The molecule has 0 spiro atoms. The zero-order valence-electron chi connectivity index (χ0n) is 8.87. The second-order valence-corrected chi connectivity index (χ2v) is 4.66. The maximum atomic E-state index is 11.5. The van der Waals surface area contributed by atoms with E-state index in [9.17, 15) is 14.7 Å². The molecule has 1 saturated carbocycles. The molecular weight excluding hydrogens is 194 g/mol. The van der Waals surface area contributed by atoms with Crippen LogP contribution < -0.4 is 0 Å². The number of β-amino-alcohol motifs (C(OH)–C–C–N with tert-alkyl or cyclic N) is 1. The van der Waals surface area contributed by atoms with E-state index < -0.39 is 5.60 Å². The predicted molar refractivity (Wildman–Crippen MR) is 54.0 cm³/mol. The lowest BCUT2D eigenvalue weighted by Crippen LogP contribution is -2.48. The topological polar surface area (TPSA) is 57.6 Å². The minimum absolute atomic E-state index is 0.119. The Bertz CT molecular complexity index is 266. The van der Waals surface area contributed by atoms with Crippen LogP contribution in [0.3, 0.4) is 0 Å². The first-order valence-corrected chi connectivity index (χ1v) is 5.66. The van der Waals surface area contributed by atoms with E-state index in [1.165, 1.54) is 4.90 Å². The number of aliphatic hydroxyl groups is 1. The molecule has 2 rings (SSSR count). The van der Waals surface area contributed by atoms with Gasteiger partial charge in [0.1, 0.15) is 0 Å². The summed E-state index contributed by atoms with van der Waals surface area (Å²) in [5, 5.41) is 10.1. The maximum Gasteiger partial charge on any atom is 0.229 e. The molecule has 1 N–H and O–H groups in total. The number of hydrogen-bond donors (Lipinski definition) is 1. The number of carbonyl (C=O) groups excluding carboxylic acids is 2. The van der Waals surface area contributed by atoms with Crippen LogP contribution in [0.5, 0.6) is 0 Å². The summed E-state index contributed by atoms with van der Waals surface area (Å²) < 4.78 is 0. The number of amides is 2. The monoisotopic (exact) mass is 211 g/mol. The van der Waals surface area contributed by atoms with Crippen LogP contribution in [0.1, 0.15) is 44.9 Å². The number of likely N-dealkylation sites (tertiary alicyclic amines) is 1. The normalized spacial score (nSPS) is 26.1. The van der Waals surface area contributed by atoms with Gasteiger partial charge in [-0.05, 0) is 19.3 Å². The van der Waals surface area contributed by atoms with Crippen LogP contribution in [0.4, 0.5) is 0 Å². The number of carbonyl (C=O) groups is 2. The molecule has 0 bridgehead atoms. The number of nitrogens with zero attached hydrogens (tertiary/aromatic N) is 1. The lowest BCUT2D eigenvalue weighted by molar-refractivity contribution is -0.152. The average molecular weight is 211 g/mol. The smallest absolute Gasteiger partial charge is 0.229 e. The molecule has 1 heterocycles. The molecular formula is C11H17NO3. The van der Waals surface area contributed by atoms with E-state index in [0.717, 1.165) is 12.8 Å². The summed E-state index contributed by atoms with van der Waals surface area (Å²) in [6, 6.07) is 0. The summed E-state index contributed by atoms with van der Waals surface area (Å²) in [6.45, 7) is 0.213. The van der Waals surface area contributed by atoms with Crippen molar-refractivity contribution >= 4 is 11.8 Å². The Kier molecular flexibility index (Phi) is 2.78. The molecule has 0 atom stereocenters. The highest BCUT2D eigenvalue weighted by Gasteiger charge is 2.37. The lowest BCUT2D eigenvalue weighted by Gasteiger charge is -2.32. The second kappa shape index (κ2) is 3.93. The van der Waals surface area contributed by atoms with Crippen molar-refractivity contribution in [3.63, 3.8) is 0 Å². The van der Waals surface area contributed by atoms with Gasteiger partial charge in [0.05, 0.1) is 12.1 Å². The highest BCUT2D eigenvalue weighted by Crippen LogP contribution is 2.31. The van der Waals surface area contributed by atoms with Crippen molar-refractivity contribution in [2.45, 2.75) is 50.5 Å². The molecule has 1 saturated heterocycles. The van der Waals surface area contributed by atoms with E-state index in [0.29, 0.717) is 32.1 Å². The van der Waals surface area contributed by atoms with Crippen molar-refractivity contribution in [2.24, 2.45) is 0 Å². The fraction of sp³-hybridized carbons (Fsp3) is 0.818. The summed E-state index contributed by atoms with van der Waals surface area (Å²) >= 11 is 0. The van der Waals surface area contributed by atoms with Gasteiger partial charge in [-0.25, -0.2) is 0 Å². The van der Waals surface area contributed by atoms with Crippen molar-refractivity contribution in [2.75, 3.05) is 6.54 Å². The first-order chi connectivity index (χ1) is 7.11. The molecule has 0 aromatic heterocycles. The molecule has 84 valence electrons. The first kappa shape index (κ1) is 10.6. The van der Waals surface area contributed by atoms with Gasteiger partial charge in [0, 0.05) is 12.8 Å². The molecule has 2 aliphatic rings. The van der Waals surface area contributed by atoms with E-state index in [1.54, 1.807) is 0 Å². The van der Waals surface area contributed by atoms with Crippen LogP contribution >= 0.6 is 0 Å². The van der Waals surface area contributed by atoms with E-state index >= 15 is 0 Å². The molecule has 4 heteroatoms. The van der Waals surface area contributed by atoms with Crippen LogP contribution in [-0.4, -0.2) is 34.0 Å². The van der Waals surface area contributed by atoms with Gasteiger partial charge in [-0.3, -0.25) is 14.5 Å². The van der Waals surface area contributed by atoms with Crippen molar-refractivity contribution < 1.29 is 14.7 Å². The van der Waals surface area contributed by atoms with Gasteiger partial charge < -0.3 is 5.11 Å². The fourth-order valence-electron chi connectivity index (χ4n) is 2.46. The Morgan fingerprint density at radius 1 is 1.07 bits per heavy atom. The predicted octanol–water partition coefficient (Wildman–Crippen LogP) is 0.831. The van der Waals surface area contributed by atoms with Crippen LogP contribution in [-0.2, 0) is 9.59 Å². The summed E-state index contributed by atoms with van der Waals surface area (Å²) in [7, 11) is 0. The highest BCUT2D eigenvalue weighted by atomic mass is 16.3. The van der Waals surface area contributed by atoms with Gasteiger partial charge in [0.15, 0.2) is 0 Å². The Balaban J connectivity index is 2.02. The Hall–Kier alpha value is -0.900. The average Bonchev–Trinajstić information content (AvgIpc) is 2.60. The van der Waals surface area contributed by atoms with Crippen LogP contribution in [0.15, 0.2) is 0 Å². The Morgan fingerprint density at radius 3 is 2.13 bits per heavy atom. The third kappa shape index (κ3) is 2.20. The number of rotatable bonds is 2. The van der Waals surface area contributed by atoms with Gasteiger partial charge in [0.2, 0.25) is 11.8 Å². The van der Waals surface area contributed by atoms with Crippen molar-refractivity contribution in [1.29, 1.82) is 0 Å². The standard InChI is InChI=1S/C11H17NO3/c13-9-4-3-5-10(14)12(9)8-11(15)6-1-2-7-11/h15H,1-8H2. The molecule has 0 aromatic carbocycles. The summed E-state index contributed by atoms with van der Waals surface area (Å²) in [6.07, 6.45) is 4.96. The molecule has 2 fully saturated rings. The maximum absolute atomic E-state index is 11.5. The first-order valence-electron chi connectivity index (χ1n) is 5.66. The Morgan fingerprint density at radius 2 is 1.60 bits per heavy atom. The van der Waals surface area contributed by atoms with Crippen molar-refractivity contribution in [3.8, 4) is 0 Å². The molecule has 0 radical (unpaired) electrons. The SMILES string of the molecule is O=C1CCCC(=O)N1CC1(O)CCCC1. The van der Waals surface area contributed by atoms with Gasteiger partial charge in [-0.2, -0.15) is 0 Å². The minimum Gasteiger partial charge on any atom is -0.388 e. The minimum atomic E-state index is -0.803. The number of hydrogen-bond acceptors (Lipinski definition) is 3. The summed E-state index contributed by atoms with van der Waals surface area (Å²) in [4.78, 5) is 24.3. The molecule has 2 amide bonds. The van der Waals surface area contributed by atoms with Gasteiger partial charge in [-0.1, -0.05) is 12.8 Å². The second-order valence-electron chi connectivity index (χ2n) is 4.66. The number of imide groups is 1. The quantitative estimate of drug-likeness (QED) is 0.688. The largest absolute Gasteiger partial charge is 0.388 e. The van der Waals surface area contributed by atoms with E-state index in [1.807, 2.05) is 0 Å². The zero-order valence-corrected chi connectivity index (χ0v) is 8.87. The number of piperidine rings is 1. The molecule has 0 aromatic rings. The molecule has 4 nitrogen and oxygen atoms in total. The van der Waals surface area contributed by atoms with Crippen molar-refractivity contribution in [3.05, 3.63) is 0 Å². The molecule has 1 aliphatic heterocycles. The van der Waals surface area contributed by atoms with Crippen LogP contribution in [0.2, 0.25) is 0 Å². The van der Waals surface area contributed by atoms with Crippen LogP contribution in [0.25, 0.3) is 0 Å². The van der Waals surface area contributed by atoms with Gasteiger partial charge in [-0.15, -0.1) is 0 Å². The molecule has 0 unspecified atom stereocenters. The lowest BCUT2D eigenvalue weighted by atomic mass is 9.99. The summed E-state index contributed by atoms with van der Waals surface area (Å²) in [5.41, 5.74) is -0.803. The third-order valence-corrected chi connectivity index (χ3v) is 3.37. The Labute approximate surface area is 89.3 Å². The zero-order chi connectivity index (χ0) is 10.9. The van der Waals surface area contributed by atoms with E-state index in [2.05, 4.69) is 0 Å². The third-order valence-electron chi connectivity index (χ3n) is 3.37. The van der Waals surface area contributed by atoms with E-state index in [4.69, 9.17) is 0 Å². The van der Waals surface area contributed by atoms with Crippen LogP contribution in [0, 0.1) is 0 Å². The van der Waals surface area contributed by atoms with Gasteiger partial charge in [0.25, 0.3) is 0 Å². The van der Waals surface area contributed by atoms with Gasteiger partial charge >= 0.3 is 0 Å². The molecule has 15 heavy (non-hydrogen) atoms. The van der Waals surface area contributed by atoms with Crippen molar-refractivity contribution in [1.82, 2.24) is 4.90 Å². The molecule has 1 aliphatic carbocycles. The van der Waals surface area contributed by atoms with E-state index in [-0.39, 0.29) is 18.4 Å².